The normalized spacial score (nSPS) is 34.8. The highest BCUT2D eigenvalue weighted by molar-refractivity contribution is 5.80. The number of carbonyl (C=O) groups excluding carboxylic acids is 2. The predicted octanol–water partition coefficient (Wildman–Crippen LogP) is 1.44. The molecule has 2 aliphatic heterocycles. The molecular weight excluding hydrogens is 304 g/mol. The van der Waals surface area contributed by atoms with Gasteiger partial charge >= 0.3 is 0 Å². The van der Waals surface area contributed by atoms with E-state index in [1.165, 1.54) is 0 Å². The highest BCUT2D eigenvalue weighted by atomic mass is 16.3. The minimum absolute atomic E-state index is 0.00193. The van der Waals surface area contributed by atoms with E-state index in [1.54, 1.807) is 6.92 Å². The standard InChI is InChI=1S/C19H24N2O3/c1-12(22)21-10-15-9-20(19(24)14-7-16(23)8-14)11-17(15)18(21)13-5-3-2-4-6-13/h2-6,14-18,23H,7-11H2,1H3/t14?,15-,16?,17-,18-/m1/s1. The van der Waals surface area contributed by atoms with Gasteiger partial charge in [-0.05, 0) is 18.4 Å². The number of rotatable bonds is 2. The maximum Gasteiger partial charge on any atom is 0.225 e. The van der Waals surface area contributed by atoms with Gasteiger partial charge in [0, 0.05) is 44.3 Å². The molecule has 2 saturated heterocycles. The maximum absolute atomic E-state index is 12.6. The van der Waals surface area contributed by atoms with Crippen molar-refractivity contribution in [2.75, 3.05) is 19.6 Å². The predicted molar refractivity (Wildman–Crippen MR) is 88.9 cm³/mol. The van der Waals surface area contributed by atoms with Gasteiger partial charge in [-0.15, -0.1) is 0 Å². The van der Waals surface area contributed by atoms with E-state index in [0.717, 1.165) is 25.2 Å². The molecule has 0 radical (unpaired) electrons. The van der Waals surface area contributed by atoms with Gasteiger partial charge in [0.05, 0.1) is 12.1 Å². The second-order valence-electron chi connectivity index (χ2n) is 7.52. The van der Waals surface area contributed by atoms with Crippen LogP contribution in [0.2, 0.25) is 0 Å². The lowest BCUT2D eigenvalue weighted by Crippen LogP contribution is -2.44. The van der Waals surface area contributed by atoms with Crippen molar-refractivity contribution in [3.8, 4) is 0 Å². The van der Waals surface area contributed by atoms with Gasteiger partial charge in [0.25, 0.3) is 0 Å². The summed E-state index contributed by atoms with van der Waals surface area (Å²) >= 11 is 0. The fraction of sp³-hybridized carbons (Fsp3) is 0.579. The lowest BCUT2D eigenvalue weighted by atomic mass is 9.81. The van der Waals surface area contributed by atoms with Crippen LogP contribution in [-0.4, -0.2) is 52.5 Å². The van der Waals surface area contributed by atoms with E-state index in [-0.39, 0.29) is 29.9 Å². The van der Waals surface area contributed by atoms with E-state index >= 15 is 0 Å². The molecule has 128 valence electrons. The molecule has 3 atom stereocenters. The van der Waals surface area contributed by atoms with Crippen LogP contribution in [0.1, 0.15) is 31.4 Å². The van der Waals surface area contributed by atoms with Crippen molar-refractivity contribution in [2.24, 2.45) is 17.8 Å². The second kappa shape index (κ2) is 5.88. The number of nitrogens with zero attached hydrogens (tertiary/aromatic N) is 2. The van der Waals surface area contributed by atoms with Crippen LogP contribution in [0.5, 0.6) is 0 Å². The number of fused-ring (bicyclic) bond motifs is 1. The van der Waals surface area contributed by atoms with Gasteiger partial charge in [0.2, 0.25) is 11.8 Å². The smallest absolute Gasteiger partial charge is 0.225 e. The molecule has 0 bridgehead atoms. The summed E-state index contributed by atoms with van der Waals surface area (Å²) in [5, 5.41) is 9.44. The number of aliphatic hydroxyl groups is 1. The average Bonchev–Trinajstić information content (AvgIpc) is 3.09. The summed E-state index contributed by atoms with van der Waals surface area (Å²) in [6.45, 7) is 3.83. The zero-order valence-electron chi connectivity index (χ0n) is 14.0. The van der Waals surface area contributed by atoms with Crippen molar-refractivity contribution >= 4 is 11.8 Å². The molecule has 3 aliphatic rings. The molecule has 2 amide bonds. The molecule has 1 aromatic rings. The maximum atomic E-state index is 12.6. The Labute approximate surface area is 142 Å². The third-order valence-electron chi connectivity index (χ3n) is 5.98. The molecule has 3 fully saturated rings. The number of aliphatic hydroxyl groups excluding tert-OH is 1. The SMILES string of the molecule is CC(=O)N1C[C@H]2CN(C(=O)C3CC(O)C3)C[C@H]2[C@H]1c1ccccc1. The molecule has 1 saturated carbocycles. The monoisotopic (exact) mass is 328 g/mol. The Kier molecular flexibility index (Phi) is 3.83. The molecule has 0 spiro atoms. The summed E-state index contributed by atoms with van der Waals surface area (Å²) in [7, 11) is 0. The van der Waals surface area contributed by atoms with E-state index in [2.05, 4.69) is 12.1 Å². The second-order valence-corrected chi connectivity index (χ2v) is 7.52. The van der Waals surface area contributed by atoms with Crippen LogP contribution in [0.3, 0.4) is 0 Å². The highest BCUT2D eigenvalue weighted by Gasteiger charge is 2.50. The molecule has 5 heteroatoms. The Morgan fingerprint density at radius 2 is 1.79 bits per heavy atom. The lowest BCUT2D eigenvalue weighted by Gasteiger charge is -2.34. The van der Waals surface area contributed by atoms with Crippen molar-refractivity contribution in [1.82, 2.24) is 9.80 Å². The molecule has 0 aromatic heterocycles. The number of likely N-dealkylation sites (tertiary alicyclic amines) is 2. The summed E-state index contributed by atoms with van der Waals surface area (Å²) in [4.78, 5) is 28.6. The van der Waals surface area contributed by atoms with Crippen molar-refractivity contribution in [3.05, 3.63) is 35.9 Å². The van der Waals surface area contributed by atoms with Gasteiger partial charge in [-0.2, -0.15) is 0 Å². The van der Waals surface area contributed by atoms with E-state index < -0.39 is 0 Å². The van der Waals surface area contributed by atoms with E-state index in [4.69, 9.17) is 0 Å². The number of hydrogen-bond donors (Lipinski definition) is 1. The average molecular weight is 328 g/mol. The molecule has 24 heavy (non-hydrogen) atoms. The Hall–Kier alpha value is -1.88. The van der Waals surface area contributed by atoms with Crippen LogP contribution in [0.15, 0.2) is 30.3 Å². The molecule has 0 unspecified atom stereocenters. The van der Waals surface area contributed by atoms with E-state index in [9.17, 15) is 14.7 Å². The third-order valence-corrected chi connectivity index (χ3v) is 5.98. The summed E-state index contributed by atoms with van der Waals surface area (Å²) in [6.07, 6.45) is 0.907. The van der Waals surface area contributed by atoms with Crippen LogP contribution in [-0.2, 0) is 9.59 Å². The fourth-order valence-corrected chi connectivity index (χ4v) is 4.67. The minimum atomic E-state index is -0.300. The van der Waals surface area contributed by atoms with Gasteiger partial charge < -0.3 is 14.9 Å². The van der Waals surface area contributed by atoms with Gasteiger partial charge in [-0.25, -0.2) is 0 Å². The van der Waals surface area contributed by atoms with Crippen LogP contribution in [0, 0.1) is 17.8 Å². The minimum Gasteiger partial charge on any atom is -0.393 e. The van der Waals surface area contributed by atoms with Crippen molar-refractivity contribution in [2.45, 2.75) is 31.9 Å². The first kappa shape index (κ1) is 15.6. The first-order valence-electron chi connectivity index (χ1n) is 8.83. The number of amides is 2. The van der Waals surface area contributed by atoms with Crippen LogP contribution < -0.4 is 0 Å². The van der Waals surface area contributed by atoms with E-state index in [0.29, 0.717) is 24.7 Å². The van der Waals surface area contributed by atoms with Crippen molar-refractivity contribution in [3.63, 3.8) is 0 Å². The lowest BCUT2D eigenvalue weighted by molar-refractivity contribution is -0.141. The summed E-state index contributed by atoms with van der Waals surface area (Å²) < 4.78 is 0. The first-order chi connectivity index (χ1) is 11.5. The number of carbonyl (C=O) groups is 2. The Morgan fingerprint density at radius 3 is 2.42 bits per heavy atom. The molecular formula is C19H24N2O3. The van der Waals surface area contributed by atoms with Crippen molar-refractivity contribution in [1.29, 1.82) is 0 Å². The fourth-order valence-electron chi connectivity index (χ4n) is 4.67. The van der Waals surface area contributed by atoms with Gasteiger partial charge in [-0.1, -0.05) is 30.3 Å². The summed E-state index contributed by atoms with van der Waals surface area (Å²) in [6, 6.07) is 10.2. The third kappa shape index (κ3) is 2.51. The molecule has 4 rings (SSSR count). The topological polar surface area (TPSA) is 60.9 Å². The number of hydrogen-bond acceptors (Lipinski definition) is 3. The first-order valence-corrected chi connectivity index (χ1v) is 8.83. The van der Waals surface area contributed by atoms with Crippen LogP contribution in [0.25, 0.3) is 0 Å². The van der Waals surface area contributed by atoms with E-state index in [1.807, 2.05) is 28.0 Å². The van der Waals surface area contributed by atoms with Crippen LogP contribution >= 0.6 is 0 Å². The van der Waals surface area contributed by atoms with Gasteiger partial charge in [0.1, 0.15) is 0 Å². The molecule has 1 aromatic carbocycles. The summed E-state index contributed by atoms with van der Waals surface area (Å²) in [5.41, 5.74) is 1.16. The number of benzene rings is 1. The Bertz CT molecular complexity index is 641. The zero-order valence-corrected chi connectivity index (χ0v) is 14.0. The molecule has 2 heterocycles. The highest BCUT2D eigenvalue weighted by Crippen LogP contribution is 2.45. The quantitative estimate of drug-likeness (QED) is 0.893. The Morgan fingerprint density at radius 1 is 1.08 bits per heavy atom. The van der Waals surface area contributed by atoms with Gasteiger partial charge in [0.15, 0.2) is 0 Å². The van der Waals surface area contributed by atoms with Crippen LogP contribution in [0.4, 0.5) is 0 Å². The molecule has 1 N–H and O–H groups in total. The zero-order chi connectivity index (χ0) is 16.8. The van der Waals surface area contributed by atoms with Crippen molar-refractivity contribution < 1.29 is 14.7 Å². The largest absolute Gasteiger partial charge is 0.393 e. The molecule has 1 aliphatic carbocycles. The Balaban J connectivity index is 1.53. The summed E-state index contributed by atoms with van der Waals surface area (Å²) in [5.74, 6) is 0.963. The van der Waals surface area contributed by atoms with Gasteiger partial charge in [-0.3, -0.25) is 9.59 Å². The molecule has 5 nitrogen and oxygen atoms in total.